The molecule has 162 valence electrons. The van der Waals surface area contributed by atoms with Crippen molar-refractivity contribution >= 4 is 33.9 Å². The molecule has 9 heteroatoms. The van der Waals surface area contributed by atoms with Gasteiger partial charge in [-0.1, -0.05) is 12.1 Å². The smallest absolute Gasteiger partial charge is 0.349 e. The minimum Gasteiger partial charge on any atom is -0.618 e. The summed E-state index contributed by atoms with van der Waals surface area (Å²) in [5, 5.41) is 24.5. The van der Waals surface area contributed by atoms with E-state index >= 15 is 0 Å². The predicted octanol–water partition coefficient (Wildman–Crippen LogP) is 3.87. The summed E-state index contributed by atoms with van der Waals surface area (Å²) in [5.74, 6) is -0.0508. The summed E-state index contributed by atoms with van der Waals surface area (Å²) in [6, 6.07) is 13.0. The molecule has 0 unspecified atom stereocenters. The Hall–Kier alpha value is -3.88. The van der Waals surface area contributed by atoms with Crippen molar-refractivity contribution in [2.75, 3.05) is 18.6 Å². The van der Waals surface area contributed by atoms with Crippen LogP contribution in [-0.2, 0) is 9.53 Å². The molecule has 0 amide bonds. The molecule has 3 rings (SSSR count). The number of nitro groups is 1. The monoisotopic (exact) mass is 425 g/mol. The molecule has 0 aliphatic heterocycles. The van der Waals surface area contributed by atoms with E-state index in [2.05, 4.69) is 0 Å². The molecule has 0 saturated carbocycles. The largest absolute Gasteiger partial charge is 0.618 e. The van der Waals surface area contributed by atoms with Gasteiger partial charge >= 0.3 is 11.7 Å². The van der Waals surface area contributed by atoms with Gasteiger partial charge in [0.2, 0.25) is 11.7 Å². The SMILES string of the molecule is CCOC(=O)C(C)(C)Oc1ccc(N(C)c2c[n+]([O-])c3ccccc3c2[N+](=O)[O-])cc1. The molecule has 0 radical (unpaired) electrons. The van der Waals surface area contributed by atoms with Crippen LogP contribution in [0.5, 0.6) is 5.75 Å². The van der Waals surface area contributed by atoms with Gasteiger partial charge in [0.25, 0.3) is 0 Å². The number of ether oxygens (including phenoxy) is 2. The van der Waals surface area contributed by atoms with E-state index in [1.54, 1.807) is 75.2 Å². The molecule has 31 heavy (non-hydrogen) atoms. The lowest BCUT2D eigenvalue weighted by atomic mass is 10.1. The Morgan fingerprint density at radius 1 is 1.16 bits per heavy atom. The number of carbonyl (C=O) groups is 1. The highest BCUT2D eigenvalue weighted by molar-refractivity contribution is 5.93. The van der Waals surface area contributed by atoms with Crippen molar-refractivity contribution in [3.8, 4) is 5.75 Å². The Bertz CT molecular complexity index is 1130. The van der Waals surface area contributed by atoms with Gasteiger partial charge in [-0.3, -0.25) is 10.1 Å². The first-order valence-corrected chi connectivity index (χ1v) is 9.65. The molecule has 0 N–H and O–H groups in total. The quantitative estimate of drug-likeness (QED) is 0.186. The lowest BCUT2D eigenvalue weighted by molar-refractivity contribution is -0.576. The molecule has 1 heterocycles. The second kappa shape index (κ2) is 8.47. The van der Waals surface area contributed by atoms with E-state index < -0.39 is 16.5 Å². The number of aromatic nitrogens is 1. The molecule has 0 aliphatic carbocycles. The van der Waals surface area contributed by atoms with E-state index in [4.69, 9.17) is 9.47 Å². The third-order valence-corrected chi connectivity index (χ3v) is 4.79. The van der Waals surface area contributed by atoms with Crippen molar-refractivity contribution in [2.45, 2.75) is 26.4 Å². The lowest BCUT2D eigenvalue weighted by Crippen LogP contribution is -2.39. The van der Waals surface area contributed by atoms with E-state index in [9.17, 15) is 20.1 Å². The third kappa shape index (κ3) is 4.35. The Morgan fingerprint density at radius 2 is 1.81 bits per heavy atom. The second-order valence-corrected chi connectivity index (χ2v) is 7.35. The zero-order valence-corrected chi connectivity index (χ0v) is 17.7. The van der Waals surface area contributed by atoms with Crippen LogP contribution in [0.25, 0.3) is 10.9 Å². The van der Waals surface area contributed by atoms with Crippen LogP contribution in [0.3, 0.4) is 0 Å². The molecule has 0 atom stereocenters. The number of hydrogen-bond acceptors (Lipinski definition) is 7. The number of para-hydroxylation sites is 1. The Labute approximate surface area is 179 Å². The lowest BCUT2D eigenvalue weighted by Gasteiger charge is -2.25. The molecule has 0 bridgehead atoms. The first-order chi connectivity index (χ1) is 14.7. The van der Waals surface area contributed by atoms with Gasteiger partial charge in [-0.25, -0.2) is 4.79 Å². The third-order valence-electron chi connectivity index (χ3n) is 4.79. The molecular weight excluding hydrogens is 402 g/mol. The maximum absolute atomic E-state index is 12.4. The minimum atomic E-state index is -1.17. The van der Waals surface area contributed by atoms with Crippen molar-refractivity contribution in [2.24, 2.45) is 0 Å². The van der Waals surface area contributed by atoms with Crippen LogP contribution in [0, 0.1) is 15.3 Å². The number of benzene rings is 2. The van der Waals surface area contributed by atoms with Gasteiger partial charge in [-0.15, -0.1) is 0 Å². The number of carbonyl (C=O) groups excluding carboxylic acids is 1. The zero-order valence-electron chi connectivity index (χ0n) is 17.7. The molecule has 9 nitrogen and oxygen atoms in total. The summed E-state index contributed by atoms with van der Waals surface area (Å²) in [6.45, 7) is 5.18. The predicted molar refractivity (Wildman–Crippen MR) is 115 cm³/mol. The van der Waals surface area contributed by atoms with Gasteiger partial charge in [-0.2, -0.15) is 4.73 Å². The number of hydrogen-bond donors (Lipinski definition) is 0. The number of esters is 1. The number of pyridine rings is 1. The number of nitrogens with zero attached hydrogens (tertiary/aromatic N) is 3. The summed E-state index contributed by atoms with van der Waals surface area (Å²) < 4.78 is 11.4. The van der Waals surface area contributed by atoms with Crippen LogP contribution in [0.2, 0.25) is 0 Å². The van der Waals surface area contributed by atoms with Crippen molar-refractivity contribution in [3.63, 3.8) is 0 Å². The van der Waals surface area contributed by atoms with Gasteiger partial charge in [0.15, 0.2) is 11.3 Å². The molecule has 2 aromatic carbocycles. The topological polar surface area (TPSA) is 109 Å². The van der Waals surface area contributed by atoms with Gasteiger partial charge in [0, 0.05) is 18.8 Å². The van der Waals surface area contributed by atoms with Crippen LogP contribution in [0.15, 0.2) is 54.7 Å². The second-order valence-electron chi connectivity index (χ2n) is 7.35. The summed E-state index contributed by atoms with van der Waals surface area (Å²) in [4.78, 5) is 24.9. The summed E-state index contributed by atoms with van der Waals surface area (Å²) in [6.07, 6.45) is 1.19. The molecule has 0 aliphatic rings. The first kappa shape index (κ1) is 21.8. The van der Waals surface area contributed by atoms with Crippen LogP contribution in [0.4, 0.5) is 17.1 Å². The maximum atomic E-state index is 12.4. The van der Waals surface area contributed by atoms with Gasteiger partial charge in [-0.05, 0) is 51.1 Å². The number of rotatable bonds is 7. The van der Waals surface area contributed by atoms with Crippen LogP contribution < -0.4 is 14.4 Å². The maximum Gasteiger partial charge on any atom is 0.349 e. The molecule has 3 aromatic rings. The molecular formula is C22H23N3O6. The molecule has 0 spiro atoms. The average molecular weight is 425 g/mol. The number of anilines is 2. The van der Waals surface area contributed by atoms with E-state index in [1.165, 1.54) is 12.3 Å². The van der Waals surface area contributed by atoms with Crippen LogP contribution >= 0.6 is 0 Å². The van der Waals surface area contributed by atoms with Crippen molar-refractivity contribution < 1.29 is 23.9 Å². The Kier molecular flexibility index (Phi) is 5.96. The Balaban J connectivity index is 1.94. The molecule has 0 saturated heterocycles. The van der Waals surface area contributed by atoms with E-state index in [0.717, 1.165) is 0 Å². The summed E-state index contributed by atoms with van der Waals surface area (Å²) in [7, 11) is 1.63. The highest BCUT2D eigenvalue weighted by Gasteiger charge is 2.32. The first-order valence-electron chi connectivity index (χ1n) is 9.65. The normalized spacial score (nSPS) is 11.2. The summed E-state index contributed by atoms with van der Waals surface area (Å²) in [5.41, 5.74) is -0.363. The number of fused-ring (bicyclic) bond motifs is 1. The van der Waals surface area contributed by atoms with Gasteiger partial charge < -0.3 is 19.6 Å². The fraction of sp³-hybridized carbons (Fsp3) is 0.273. The summed E-state index contributed by atoms with van der Waals surface area (Å²) >= 11 is 0. The van der Waals surface area contributed by atoms with Crippen molar-refractivity contribution in [3.05, 3.63) is 70.0 Å². The fourth-order valence-corrected chi connectivity index (χ4v) is 3.20. The van der Waals surface area contributed by atoms with Gasteiger partial charge in [0.1, 0.15) is 11.1 Å². The molecule has 0 fully saturated rings. The van der Waals surface area contributed by atoms with Crippen molar-refractivity contribution in [1.82, 2.24) is 0 Å². The zero-order chi connectivity index (χ0) is 22.8. The minimum absolute atomic E-state index is 0.152. The highest BCUT2D eigenvalue weighted by Crippen LogP contribution is 2.37. The van der Waals surface area contributed by atoms with Crippen molar-refractivity contribution in [1.29, 1.82) is 0 Å². The van der Waals surface area contributed by atoms with Gasteiger partial charge in [0.05, 0.1) is 11.5 Å². The van der Waals surface area contributed by atoms with E-state index in [0.29, 0.717) is 16.2 Å². The average Bonchev–Trinajstić information content (AvgIpc) is 2.73. The molecule has 1 aromatic heterocycles. The van der Waals surface area contributed by atoms with E-state index in [-0.39, 0.29) is 28.9 Å². The highest BCUT2D eigenvalue weighted by atomic mass is 16.6. The van der Waals surface area contributed by atoms with Crippen LogP contribution in [-0.4, -0.2) is 30.1 Å². The fourth-order valence-electron chi connectivity index (χ4n) is 3.20. The van der Waals surface area contributed by atoms with E-state index in [1.807, 2.05) is 0 Å². The van der Waals surface area contributed by atoms with Crippen LogP contribution in [0.1, 0.15) is 20.8 Å². The standard InChI is InChI=1S/C22H23N3O6/c1-5-30-21(26)22(2,3)31-16-12-10-15(11-13-16)23(4)19-14-24(27)18-9-7-6-8-17(18)20(19)25(28)29/h6-14H,5H2,1-4H3. The Morgan fingerprint density at radius 3 is 2.42 bits per heavy atom.